The molecule has 0 aliphatic heterocycles. The van der Waals surface area contributed by atoms with Gasteiger partial charge in [-0.25, -0.2) is 4.98 Å². The third kappa shape index (κ3) is 3.76. The van der Waals surface area contributed by atoms with Crippen LogP contribution in [0.25, 0.3) is 10.9 Å². The molecule has 0 spiro atoms. The van der Waals surface area contributed by atoms with Crippen molar-refractivity contribution in [3.8, 4) is 0 Å². The zero-order valence-corrected chi connectivity index (χ0v) is 15.7. The van der Waals surface area contributed by atoms with Crippen LogP contribution in [-0.4, -0.2) is 4.98 Å². The Balaban J connectivity index is 1.85. The van der Waals surface area contributed by atoms with Crippen LogP contribution in [0.3, 0.4) is 0 Å². The zero-order chi connectivity index (χ0) is 18.2. The summed E-state index contributed by atoms with van der Waals surface area (Å²) in [5, 5.41) is 4.66. The van der Waals surface area contributed by atoms with Gasteiger partial charge in [0.25, 0.3) is 0 Å². The van der Waals surface area contributed by atoms with Crippen molar-refractivity contribution >= 4 is 22.4 Å². The molecule has 3 heteroatoms. The summed E-state index contributed by atoms with van der Waals surface area (Å²) < 4.78 is 0. The van der Waals surface area contributed by atoms with Crippen LogP contribution in [0.2, 0.25) is 0 Å². The molecule has 0 radical (unpaired) electrons. The fourth-order valence-electron chi connectivity index (χ4n) is 2.95. The molecule has 0 aliphatic carbocycles. The van der Waals surface area contributed by atoms with Crippen molar-refractivity contribution in [1.82, 2.24) is 4.98 Å². The third-order valence-electron chi connectivity index (χ3n) is 4.71. The van der Waals surface area contributed by atoms with Gasteiger partial charge in [-0.1, -0.05) is 39.0 Å². The van der Waals surface area contributed by atoms with Gasteiger partial charge in [-0.3, -0.25) is 0 Å². The number of nitrogen functional groups attached to an aromatic ring is 1. The Morgan fingerprint density at radius 1 is 1.00 bits per heavy atom. The lowest BCUT2D eigenvalue weighted by atomic mass is 9.86. The van der Waals surface area contributed by atoms with E-state index in [4.69, 9.17) is 10.7 Å². The molecule has 130 valence electrons. The SMILES string of the molecule is Cc1cc(C(C)Nc2ccc3cc(C(C)(C)C)ccc3n2)ccc1N. The first-order valence-corrected chi connectivity index (χ1v) is 8.78. The highest BCUT2D eigenvalue weighted by molar-refractivity contribution is 5.81. The predicted molar refractivity (Wildman–Crippen MR) is 108 cm³/mol. The number of fused-ring (bicyclic) bond motifs is 1. The lowest BCUT2D eigenvalue weighted by molar-refractivity contribution is 0.591. The van der Waals surface area contributed by atoms with E-state index >= 15 is 0 Å². The largest absolute Gasteiger partial charge is 0.399 e. The van der Waals surface area contributed by atoms with E-state index in [0.717, 1.165) is 22.6 Å². The Hall–Kier alpha value is -2.55. The van der Waals surface area contributed by atoms with Crippen molar-refractivity contribution in [3.63, 3.8) is 0 Å². The van der Waals surface area contributed by atoms with Gasteiger partial charge in [-0.05, 0) is 66.3 Å². The molecule has 1 aromatic heterocycles. The first-order chi connectivity index (χ1) is 11.7. The van der Waals surface area contributed by atoms with Crippen LogP contribution >= 0.6 is 0 Å². The number of anilines is 2. The summed E-state index contributed by atoms with van der Waals surface area (Å²) in [5.41, 5.74) is 11.5. The minimum atomic E-state index is 0.145. The van der Waals surface area contributed by atoms with E-state index in [9.17, 15) is 0 Å². The average molecular weight is 333 g/mol. The molecule has 3 nitrogen and oxygen atoms in total. The van der Waals surface area contributed by atoms with E-state index < -0.39 is 0 Å². The molecule has 1 unspecified atom stereocenters. The molecule has 1 heterocycles. The van der Waals surface area contributed by atoms with E-state index in [-0.39, 0.29) is 11.5 Å². The molecule has 3 aromatic rings. The number of nitrogens with zero attached hydrogens (tertiary/aromatic N) is 1. The van der Waals surface area contributed by atoms with Gasteiger partial charge in [0.15, 0.2) is 0 Å². The van der Waals surface area contributed by atoms with Crippen LogP contribution in [-0.2, 0) is 5.41 Å². The molecule has 0 saturated carbocycles. The minimum Gasteiger partial charge on any atom is -0.399 e. The molecule has 2 aromatic carbocycles. The number of pyridine rings is 1. The Bertz CT molecular complexity index is 907. The molecular formula is C22H27N3. The van der Waals surface area contributed by atoms with Gasteiger partial charge in [-0.15, -0.1) is 0 Å². The third-order valence-corrected chi connectivity index (χ3v) is 4.71. The van der Waals surface area contributed by atoms with Crippen LogP contribution in [0.1, 0.15) is 50.4 Å². The Labute approximate surface area is 150 Å². The fourth-order valence-corrected chi connectivity index (χ4v) is 2.95. The monoisotopic (exact) mass is 333 g/mol. The minimum absolute atomic E-state index is 0.145. The van der Waals surface area contributed by atoms with Gasteiger partial charge in [-0.2, -0.15) is 0 Å². The van der Waals surface area contributed by atoms with E-state index in [2.05, 4.69) is 75.5 Å². The second-order valence-corrected chi connectivity index (χ2v) is 7.84. The number of hydrogen-bond donors (Lipinski definition) is 2. The van der Waals surface area contributed by atoms with Gasteiger partial charge in [0.2, 0.25) is 0 Å². The van der Waals surface area contributed by atoms with E-state index in [0.29, 0.717) is 0 Å². The van der Waals surface area contributed by atoms with E-state index in [1.165, 1.54) is 16.5 Å². The number of nitrogens with one attached hydrogen (secondary N) is 1. The van der Waals surface area contributed by atoms with Crippen LogP contribution in [0.4, 0.5) is 11.5 Å². The Morgan fingerprint density at radius 2 is 1.76 bits per heavy atom. The summed E-state index contributed by atoms with van der Waals surface area (Å²) in [6.45, 7) is 10.9. The van der Waals surface area contributed by atoms with Gasteiger partial charge in [0.1, 0.15) is 5.82 Å². The molecule has 0 aliphatic rings. The maximum Gasteiger partial charge on any atom is 0.127 e. The van der Waals surface area contributed by atoms with Crippen LogP contribution in [0.15, 0.2) is 48.5 Å². The highest BCUT2D eigenvalue weighted by Crippen LogP contribution is 2.27. The number of benzene rings is 2. The number of hydrogen-bond acceptors (Lipinski definition) is 3. The maximum atomic E-state index is 5.91. The molecule has 0 amide bonds. The van der Waals surface area contributed by atoms with E-state index in [1.54, 1.807) is 0 Å². The van der Waals surface area contributed by atoms with Crippen LogP contribution < -0.4 is 11.1 Å². The second kappa shape index (κ2) is 6.40. The summed E-state index contributed by atoms with van der Waals surface area (Å²) >= 11 is 0. The van der Waals surface area contributed by atoms with Gasteiger partial charge in [0, 0.05) is 17.1 Å². The topological polar surface area (TPSA) is 50.9 Å². The van der Waals surface area contributed by atoms with Gasteiger partial charge < -0.3 is 11.1 Å². The molecule has 1 atom stereocenters. The van der Waals surface area contributed by atoms with Crippen molar-refractivity contribution in [2.75, 3.05) is 11.1 Å². The normalized spacial score (nSPS) is 13.0. The number of rotatable bonds is 3. The smallest absolute Gasteiger partial charge is 0.127 e. The lowest BCUT2D eigenvalue weighted by Crippen LogP contribution is -2.11. The van der Waals surface area contributed by atoms with Gasteiger partial charge in [0.05, 0.1) is 5.52 Å². The summed E-state index contributed by atoms with van der Waals surface area (Å²) in [6, 6.07) is 17.0. The van der Waals surface area contributed by atoms with Crippen molar-refractivity contribution in [2.45, 2.75) is 46.1 Å². The Morgan fingerprint density at radius 3 is 2.44 bits per heavy atom. The van der Waals surface area contributed by atoms with Crippen molar-refractivity contribution < 1.29 is 0 Å². The number of aromatic nitrogens is 1. The molecule has 3 rings (SSSR count). The fraction of sp³-hybridized carbons (Fsp3) is 0.318. The average Bonchev–Trinajstić information content (AvgIpc) is 2.56. The summed E-state index contributed by atoms with van der Waals surface area (Å²) in [5.74, 6) is 0.887. The predicted octanol–water partition coefficient (Wildman–Crippen LogP) is 5.60. The molecular weight excluding hydrogens is 306 g/mol. The molecule has 0 bridgehead atoms. The highest BCUT2D eigenvalue weighted by Gasteiger charge is 2.14. The van der Waals surface area contributed by atoms with Crippen LogP contribution in [0.5, 0.6) is 0 Å². The zero-order valence-electron chi connectivity index (χ0n) is 15.7. The molecule has 25 heavy (non-hydrogen) atoms. The first kappa shape index (κ1) is 17.3. The van der Waals surface area contributed by atoms with Crippen molar-refractivity contribution in [3.05, 3.63) is 65.2 Å². The van der Waals surface area contributed by atoms with E-state index in [1.807, 2.05) is 13.0 Å². The number of aryl methyl sites for hydroxylation is 1. The first-order valence-electron chi connectivity index (χ1n) is 8.78. The molecule has 3 N–H and O–H groups in total. The second-order valence-electron chi connectivity index (χ2n) is 7.84. The lowest BCUT2D eigenvalue weighted by Gasteiger charge is -2.20. The summed E-state index contributed by atoms with van der Waals surface area (Å²) in [4.78, 5) is 4.77. The van der Waals surface area contributed by atoms with Crippen LogP contribution in [0, 0.1) is 6.92 Å². The van der Waals surface area contributed by atoms with Crippen molar-refractivity contribution in [2.24, 2.45) is 0 Å². The maximum absolute atomic E-state index is 5.91. The molecule has 0 fully saturated rings. The highest BCUT2D eigenvalue weighted by atomic mass is 15.0. The standard InChI is InChI=1S/C22H27N3/c1-14-12-16(6-9-19(14)23)15(2)24-21-11-7-17-13-18(22(3,4)5)8-10-20(17)25-21/h6-13,15H,23H2,1-5H3,(H,24,25). The van der Waals surface area contributed by atoms with Gasteiger partial charge >= 0.3 is 0 Å². The number of nitrogens with two attached hydrogens (primary N) is 1. The summed E-state index contributed by atoms with van der Waals surface area (Å²) in [7, 11) is 0. The molecule has 0 saturated heterocycles. The summed E-state index contributed by atoms with van der Waals surface area (Å²) in [6.07, 6.45) is 0. The quantitative estimate of drug-likeness (QED) is 0.614. The Kier molecular flexibility index (Phi) is 4.42. The van der Waals surface area contributed by atoms with Crippen molar-refractivity contribution in [1.29, 1.82) is 0 Å².